The number of aromatic nitrogens is 4. The molecule has 2 aromatic carbocycles. The number of tetrazole rings is 1. The van der Waals surface area contributed by atoms with Crippen LogP contribution in [0, 0.1) is 10.1 Å². The van der Waals surface area contributed by atoms with Crippen LogP contribution in [0.15, 0.2) is 66.7 Å². The van der Waals surface area contributed by atoms with Crippen molar-refractivity contribution in [2.75, 3.05) is 0 Å². The normalized spacial score (nSPS) is 19.6. The highest BCUT2D eigenvalue weighted by molar-refractivity contribution is 6.01. The number of nitro groups is 1. The van der Waals surface area contributed by atoms with Crippen LogP contribution in [0.4, 0.5) is 5.95 Å². The van der Waals surface area contributed by atoms with Gasteiger partial charge >= 0.3 is 5.95 Å². The number of nitrogens with zero attached hydrogens (tertiary/aromatic N) is 5. The molecule has 0 bridgehead atoms. The lowest BCUT2D eigenvalue weighted by molar-refractivity contribution is -0.394. The Morgan fingerprint density at radius 2 is 1.70 bits per heavy atom. The standard InChI is InChI=1S/C19H15N5O3/c25-17-12-15(13-7-3-1-4-8-13)11-16(14-9-5-2-6-10-14)18(17)23-21-19(20-22-23)24(26)27/h1-10,12,16,18H,11H2/t16-,18+/m0/s1. The van der Waals surface area contributed by atoms with E-state index in [9.17, 15) is 14.9 Å². The van der Waals surface area contributed by atoms with E-state index in [2.05, 4.69) is 15.4 Å². The number of allylic oxidation sites excluding steroid dienone is 2. The fourth-order valence-corrected chi connectivity index (χ4v) is 3.40. The smallest absolute Gasteiger partial charge is 0.390 e. The van der Waals surface area contributed by atoms with Crippen LogP contribution in [0.1, 0.15) is 29.5 Å². The van der Waals surface area contributed by atoms with Crippen molar-refractivity contribution in [3.05, 3.63) is 88.0 Å². The van der Waals surface area contributed by atoms with Gasteiger partial charge in [0.05, 0.1) is 10.2 Å². The van der Waals surface area contributed by atoms with Crippen molar-refractivity contribution in [3.8, 4) is 0 Å². The highest BCUT2D eigenvalue weighted by Gasteiger charge is 2.39. The monoisotopic (exact) mass is 361 g/mol. The lowest BCUT2D eigenvalue weighted by Crippen LogP contribution is -2.30. The molecule has 0 unspecified atom stereocenters. The Bertz CT molecular complexity index is 1010. The summed E-state index contributed by atoms with van der Waals surface area (Å²) in [5.41, 5.74) is 2.83. The Labute approximate surface area is 154 Å². The van der Waals surface area contributed by atoms with Crippen molar-refractivity contribution in [1.82, 2.24) is 20.2 Å². The van der Waals surface area contributed by atoms with Crippen molar-refractivity contribution in [2.45, 2.75) is 18.4 Å². The summed E-state index contributed by atoms with van der Waals surface area (Å²) in [6.07, 6.45) is 2.16. The molecule has 0 saturated heterocycles. The van der Waals surface area contributed by atoms with E-state index >= 15 is 0 Å². The van der Waals surface area contributed by atoms with Crippen molar-refractivity contribution >= 4 is 17.3 Å². The zero-order valence-electron chi connectivity index (χ0n) is 14.2. The van der Waals surface area contributed by atoms with Gasteiger partial charge in [-0.2, -0.15) is 0 Å². The molecule has 4 rings (SSSR count). The molecule has 0 fully saturated rings. The first-order chi connectivity index (χ1) is 13.1. The fourth-order valence-electron chi connectivity index (χ4n) is 3.40. The first-order valence-electron chi connectivity index (χ1n) is 8.42. The summed E-state index contributed by atoms with van der Waals surface area (Å²) in [5.74, 6) is -1.08. The van der Waals surface area contributed by atoms with Crippen LogP contribution in [0.25, 0.3) is 5.57 Å². The SMILES string of the molecule is O=C1C=C(c2ccccc2)C[C@@H](c2ccccc2)[C@H]1n1nnc([N+](=O)[O-])n1. The summed E-state index contributed by atoms with van der Waals surface area (Å²) < 4.78 is 0. The molecule has 134 valence electrons. The van der Waals surface area contributed by atoms with Crippen molar-refractivity contribution < 1.29 is 9.72 Å². The number of carbonyl (C=O) groups excluding carboxylic acids is 1. The Kier molecular flexibility index (Phi) is 4.29. The molecular formula is C19H15N5O3. The summed E-state index contributed by atoms with van der Waals surface area (Å²) in [6.45, 7) is 0. The summed E-state index contributed by atoms with van der Waals surface area (Å²) in [5, 5.41) is 21.9. The average molecular weight is 361 g/mol. The molecular weight excluding hydrogens is 346 g/mol. The first kappa shape index (κ1) is 16.8. The van der Waals surface area contributed by atoms with Gasteiger partial charge in [0, 0.05) is 11.1 Å². The van der Waals surface area contributed by atoms with E-state index in [-0.39, 0.29) is 11.7 Å². The van der Waals surface area contributed by atoms with E-state index < -0.39 is 16.9 Å². The van der Waals surface area contributed by atoms with Crippen LogP contribution in [0.3, 0.4) is 0 Å². The lowest BCUT2D eigenvalue weighted by Gasteiger charge is -2.28. The van der Waals surface area contributed by atoms with Crippen molar-refractivity contribution in [2.24, 2.45) is 0 Å². The number of ketones is 1. The molecule has 1 heterocycles. The van der Waals surface area contributed by atoms with Gasteiger partial charge in [-0.3, -0.25) is 4.79 Å². The molecule has 8 heteroatoms. The molecule has 1 aliphatic rings. The fraction of sp³-hybridized carbons (Fsp3) is 0.158. The topological polar surface area (TPSA) is 104 Å². The maximum atomic E-state index is 13.0. The maximum Gasteiger partial charge on any atom is 0.514 e. The van der Waals surface area contributed by atoms with E-state index in [1.807, 2.05) is 60.7 Å². The first-order valence-corrected chi connectivity index (χ1v) is 8.42. The lowest BCUT2D eigenvalue weighted by atomic mass is 9.78. The molecule has 0 saturated carbocycles. The highest BCUT2D eigenvalue weighted by atomic mass is 16.6. The third-order valence-electron chi connectivity index (χ3n) is 4.63. The van der Waals surface area contributed by atoms with Crippen LogP contribution < -0.4 is 0 Å². The summed E-state index contributed by atoms with van der Waals surface area (Å²) in [4.78, 5) is 24.2. The van der Waals surface area contributed by atoms with E-state index in [0.29, 0.717) is 6.42 Å². The number of carbonyl (C=O) groups is 1. The Morgan fingerprint density at radius 3 is 2.33 bits per heavy atom. The van der Waals surface area contributed by atoms with E-state index in [1.54, 1.807) is 6.08 Å². The van der Waals surface area contributed by atoms with Gasteiger partial charge < -0.3 is 10.1 Å². The Hall–Kier alpha value is -3.68. The molecule has 3 aromatic rings. The van der Waals surface area contributed by atoms with Gasteiger partial charge in [-0.25, -0.2) is 0 Å². The third-order valence-corrected chi connectivity index (χ3v) is 4.63. The quantitative estimate of drug-likeness (QED) is 0.523. The van der Waals surface area contributed by atoms with Crippen LogP contribution in [-0.4, -0.2) is 30.9 Å². The molecule has 0 N–H and O–H groups in total. The van der Waals surface area contributed by atoms with Gasteiger partial charge in [0.2, 0.25) is 0 Å². The molecule has 0 amide bonds. The van der Waals surface area contributed by atoms with Gasteiger partial charge in [-0.05, 0) is 34.1 Å². The molecule has 1 aromatic heterocycles. The second-order valence-corrected chi connectivity index (χ2v) is 6.27. The van der Waals surface area contributed by atoms with E-state index in [4.69, 9.17) is 0 Å². The molecule has 8 nitrogen and oxygen atoms in total. The van der Waals surface area contributed by atoms with Gasteiger partial charge in [-0.15, -0.1) is 0 Å². The summed E-state index contributed by atoms with van der Waals surface area (Å²) in [7, 11) is 0. The Morgan fingerprint density at radius 1 is 1.04 bits per heavy atom. The minimum atomic E-state index is -0.777. The molecule has 2 atom stereocenters. The second kappa shape index (κ2) is 6.91. The predicted molar refractivity (Wildman–Crippen MR) is 96.7 cm³/mol. The number of hydrogen-bond acceptors (Lipinski definition) is 6. The second-order valence-electron chi connectivity index (χ2n) is 6.27. The summed E-state index contributed by atoms with van der Waals surface area (Å²) >= 11 is 0. The van der Waals surface area contributed by atoms with Crippen molar-refractivity contribution in [3.63, 3.8) is 0 Å². The molecule has 0 radical (unpaired) electrons. The van der Waals surface area contributed by atoms with Crippen LogP contribution >= 0.6 is 0 Å². The Balaban J connectivity index is 1.79. The molecule has 0 aliphatic heterocycles. The summed E-state index contributed by atoms with van der Waals surface area (Å²) in [6, 6.07) is 18.5. The van der Waals surface area contributed by atoms with Crippen molar-refractivity contribution in [1.29, 1.82) is 0 Å². The minimum absolute atomic E-state index is 0.207. The third kappa shape index (κ3) is 3.24. The number of hydrogen-bond donors (Lipinski definition) is 0. The largest absolute Gasteiger partial charge is 0.514 e. The molecule has 27 heavy (non-hydrogen) atoms. The average Bonchev–Trinajstić information content (AvgIpc) is 3.19. The van der Waals surface area contributed by atoms with Crippen LogP contribution in [0.5, 0.6) is 0 Å². The number of rotatable bonds is 4. The number of benzene rings is 2. The molecule has 1 aliphatic carbocycles. The zero-order chi connectivity index (χ0) is 18.8. The van der Waals surface area contributed by atoms with E-state index in [1.165, 1.54) is 0 Å². The highest BCUT2D eigenvalue weighted by Crippen LogP contribution is 2.41. The van der Waals surface area contributed by atoms with Gasteiger partial charge in [0.25, 0.3) is 0 Å². The van der Waals surface area contributed by atoms with Gasteiger partial charge in [-0.1, -0.05) is 65.5 Å². The minimum Gasteiger partial charge on any atom is -0.390 e. The maximum absolute atomic E-state index is 13.0. The van der Waals surface area contributed by atoms with Gasteiger partial charge in [0.15, 0.2) is 11.8 Å². The van der Waals surface area contributed by atoms with Crippen LogP contribution in [0.2, 0.25) is 0 Å². The van der Waals surface area contributed by atoms with Gasteiger partial charge in [0.1, 0.15) is 0 Å². The zero-order valence-corrected chi connectivity index (χ0v) is 14.2. The van der Waals surface area contributed by atoms with Crippen LogP contribution in [-0.2, 0) is 4.79 Å². The predicted octanol–water partition coefficient (Wildman–Crippen LogP) is 2.96. The van der Waals surface area contributed by atoms with E-state index in [0.717, 1.165) is 21.5 Å². The molecule has 0 spiro atoms.